The van der Waals surface area contributed by atoms with Gasteiger partial charge in [-0.1, -0.05) is 29.0 Å². The molecule has 0 aliphatic carbocycles. The number of hydrogen-bond acceptors (Lipinski definition) is 3. The van der Waals surface area contributed by atoms with Crippen molar-refractivity contribution in [1.29, 1.82) is 0 Å². The monoisotopic (exact) mass is 388 g/mol. The van der Waals surface area contributed by atoms with Crippen molar-refractivity contribution < 1.29 is 13.2 Å². The lowest BCUT2D eigenvalue weighted by Crippen LogP contribution is -2.34. The first-order chi connectivity index (χ1) is 13.3. The van der Waals surface area contributed by atoms with Crippen LogP contribution in [0.5, 0.6) is 0 Å². The highest BCUT2D eigenvalue weighted by atomic mass is 19.4. The van der Waals surface area contributed by atoms with Crippen LogP contribution >= 0.6 is 0 Å². The van der Waals surface area contributed by atoms with Crippen LogP contribution < -0.4 is 0 Å². The topological polar surface area (TPSA) is 34.0 Å². The predicted octanol–water partition coefficient (Wildman–Crippen LogP) is 4.90. The minimum absolute atomic E-state index is 0.164. The average molecular weight is 388 g/mol. The van der Waals surface area contributed by atoms with Crippen molar-refractivity contribution in [2.24, 2.45) is 0 Å². The Morgan fingerprint density at radius 1 is 1.04 bits per heavy atom. The third kappa shape index (κ3) is 3.76. The van der Waals surface area contributed by atoms with Gasteiger partial charge in [0.1, 0.15) is 5.52 Å². The third-order valence-corrected chi connectivity index (χ3v) is 5.60. The molecule has 4 nitrogen and oxygen atoms in total. The van der Waals surface area contributed by atoms with Crippen LogP contribution in [0.15, 0.2) is 36.4 Å². The fourth-order valence-corrected chi connectivity index (χ4v) is 3.92. The van der Waals surface area contributed by atoms with Crippen molar-refractivity contribution in [3.63, 3.8) is 0 Å². The summed E-state index contributed by atoms with van der Waals surface area (Å²) in [7, 11) is 0. The number of aromatic nitrogens is 3. The number of piperidine rings is 1. The van der Waals surface area contributed by atoms with E-state index in [2.05, 4.69) is 47.3 Å². The third-order valence-electron chi connectivity index (χ3n) is 5.60. The maximum Gasteiger partial charge on any atom is 0.416 e. The SMILES string of the molecule is Cc1ccc(C)c(CN2CCC(n3nnc4cc(C(F)(F)F)ccc43)CC2)c1. The van der Waals surface area contributed by atoms with Crippen LogP contribution in [0.3, 0.4) is 0 Å². The molecule has 0 radical (unpaired) electrons. The van der Waals surface area contributed by atoms with E-state index in [1.54, 1.807) is 4.68 Å². The first-order valence-corrected chi connectivity index (χ1v) is 9.52. The Labute approximate surface area is 162 Å². The number of rotatable bonds is 3. The Hall–Kier alpha value is -2.41. The van der Waals surface area contributed by atoms with Gasteiger partial charge in [-0.2, -0.15) is 13.2 Å². The predicted molar refractivity (Wildman–Crippen MR) is 102 cm³/mol. The highest BCUT2D eigenvalue weighted by Gasteiger charge is 2.31. The molecule has 0 bridgehead atoms. The van der Waals surface area contributed by atoms with E-state index < -0.39 is 11.7 Å². The molecule has 1 aliphatic rings. The maximum absolute atomic E-state index is 12.9. The summed E-state index contributed by atoms with van der Waals surface area (Å²) < 4.78 is 40.5. The first-order valence-electron chi connectivity index (χ1n) is 9.52. The van der Waals surface area contributed by atoms with E-state index >= 15 is 0 Å². The smallest absolute Gasteiger partial charge is 0.299 e. The van der Waals surface area contributed by atoms with Crippen molar-refractivity contribution in [2.75, 3.05) is 13.1 Å². The van der Waals surface area contributed by atoms with E-state index in [9.17, 15) is 13.2 Å². The highest BCUT2D eigenvalue weighted by Crippen LogP contribution is 2.32. The lowest BCUT2D eigenvalue weighted by atomic mass is 10.0. The second-order valence-corrected chi connectivity index (χ2v) is 7.67. The Kier molecular flexibility index (Phi) is 4.87. The standard InChI is InChI=1S/C21H23F3N4/c1-14-3-4-15(2)16(11-14)13-27-9-7-18(8-10-27)28-20-6-5-17(21(22,23)24)12-19(20)25-26-28/h3-6,11-12,18H,7-10,13H2,1-2H3. The zero-order valence-corrected chi connectivity index (χ0v) is 16.0. The van der Waals surface area contributed by atoms with Crippen molar-refractivity contribution in [3.05, 3.63) is 58.7 Å². The molecule has 3 aromatic rings. The van der Waals surface area contributed by atoms with Crippen molar-refractivity contribution in [2.45, 2.75) is 45.5 Å². The van der Waals surface area contributed by atoms with E-state index in [-0.39, 0.29) is 6.04 Å². The molecule has 1 fully saturated rings. The summed E-state index contributed by atoms with van der Waals surface area (Å²) in [6, 6.07) is 10.4. The molecule has 0 amide bonds. The molecule has 4 rings (SSSR count). The van der Waals surface area contributed by atoms with Gasteiger partial charge in [0, 0.05) is 19.6 Å². The molecule has 1 saturated heterocycles. The van der Waals surface area contributed by atoms with Crippen LogP contribution in [0.25, 0.3) is 11.0 Å². The number of benzene rings is 2. The molecule has 0 atom stereocenters. The van der Waals surface area contributed by atoms with Gasteiger partial charge >= 0.3 is 6.18 Å². The van der Waals surface area contributed by atoms with Crippen LogP contribution in [-0.4, -0.2) is 33.0 Å². The molecule has 1 aromatic heterocycles. The summed E-state index contributed by atoms with van der Waals surface area (Å²) in [5.41, 5.74) is 4.20. The van der Waals surface area contributed by atoms with Crippen LogP contribution in [0.4, 0.5) is 13.2 Å². The van der Waals surface area contributed by atoms with E-state index in [0.717, 1.165) is 44.6 Å². The van der Waals surface area contributed by atoms with Gasteiger partial charge in [0.25, 0.3) is 0 Å². The van der Waals surface area contributed by atoms with Gasteiger partial charge in [-0.15, -0.1) is 5.10 Å². The Balaban J connectivity index is 1.46. The summed E-state index contributed by atoms with van der Waals surface area (Å²) in [4.78, 5) is 2.43. The summed E-state index contributed by atoms with van der Waals surface area (Å²) in [6.07, 6.45) is -2.55. The zero-order chi connectivity index (χ0) is 19.9. The molecule has 0 N–H and O–H groups in total. The molecular formula is C21H23F3N4. The van der Waals surface area contributed by atoms with E-state index in [1.807, 2.05) is 0 Å². The molecule has 0 spiro atoms. The normalized spacial score (nSPS) is 16.8. The minimum atomic E-state index is -4.36. The van der Waals surface area contributed by atoms with E-state index in [4.69, 9.17) is 0 Å². The molecule has 28 heavy (non-hydrogen) atoms. The molecule has 148 valence electrons. The van der Waals surface area contributed by atoms with Crippen LogP contribution in [0.2, 0.25) is 0 Å². The lowest BCUT2D eigenvalue weighted by molar-refractivity contribution is -0.137. The van der Waals surface area contributed by atoms with E-state index in [0.29, 0.717) is 11.0 Å². The molecule has 1 aliphatic heterocycles. The van der Waals surface area contributed by atoms with Gasteiger partial charge < -0.3 is 0 Å². The molecule has 0 unspecified atom stereocenters. The van der Waals surface area contributed by atoms with E-state index in [1.165, 1.54) is 22.8 Å². The largest absolute Gasteiger partial charge is 0.416 e. The van der Waals surface area contributed by atoms with Crippen molar-refractivity contribution in [3.8, 4) is 0 Å². The molecule has 2 aromatic carbocycles. The number of likely N-dealkylation sites (tertiary alicyclic amines) is 1. The van der Waals surface area contributed by atoms with Gasteiger partial charge in [-0.25, -0.2) is 4.68 Å². The summed E-state index contributed by atoms with van der Waals surface area (Å²) >= 11 is 0. The number of nitrogens with zero attached hydrogens (tertiary/aromatic N) is 4. The zero-order valence-electron chi connectivity index (χ0n) is 16.0. The van der Waals surface area contributed by atoms with Gasteiger partial charge in [-0.05, 0) is 56.0 Å². The van der Waals surface area contributed by atoms with Crippen LogP contribution in [0.1, 0.15) is 41.1 Å². The minimum Gasteiger partial charge on any atom is -0.299 e. The first kappa shape index (κ1) is 18.9. The Morgan fingerprint density at radius 2 is 1.79 bits per heavy atom. The Bertz CT molecular complexity index is 985. The molecular weight excluding hydrogens is 365 g/mol. The Morgan fingerprint density at radius 3 is 2.50 bits per heavy atom. The lowest BCUT2D eigenvalue weighted by Gasteiger charge is -2.32. The number of halogens is 3. The van der Waals surface area contributed by atoms with Gasteiger partial charge in [0.2, 0.25) is 0 Å². The number of aryl methyl sites for hydroxylation is 2. The van der Waals surface area contributed by atoms with Crippen molar-refractivity contribution >= 4 is 11.0 Å². The summed E-state index contributed by atoms with van der Waals surface area (Å²) in [6.45, 7) is 7.03. The second-order valence-electron chi connectivity index (χ2n) is 7.67. The molecule has 7 heteroatoms. The molecule has 0 saturated carbocycles. The highest BCUT2D eigenvalue weighted by molar-refractivity contribution is 5.75. The van der Waals surface area contributed by atoms with Gasteiger partial charge in [-0.3, -0.25) is 4.90 Å². The fraction of sp³-hybridized carbons (Fsp3) is 0.429. The fourth-order valence-electron chi connectivity index (χ4n) is 3.92. The number of alkyl halides is 3. The van der Waals surface area contributed by atoms with Crippen LogP contribution in [-0.2, 0) is 12.7 Å². The van der Waals surface area contributed by atoms with Crippen molar-refractivity contribution in [1.82, 2.24) is 19.9 Å². The summed E-state index contributed by atoms with van der Waals surface area (Å²) in [5.74, 6) is 0. The number of fused-ring (bicyclic) bond motifs is 1. The van der Waals surface area contributed by atoms with Gasteiger partial charge in [0.15, 0.2) is 0 Å². The second kappa shape index (κ2) is 7.20. The average Bonchev–Trinajstić information content (AvgIpc) is 3.08. The quantitative estimate of drug-likeness (QED) is 0.640. The van der Waals surface area contributed by atoms with Gasteiger partial charge in [0.05, 0.1) is 17.1 Å². The van der Waals surface area contributed by atoms with Crippen LogP contribution in [0, 0.1) is 13.8 Å². The number of hydrogen-bond donors (Lipinski definition) is 0. The maximum atomic E-state index is 12.9. The summed E-state index contributed by atoms with van der Waals surface area (Å²) in [5, 5.41) is 8.13. The molecule has 2 heterocycles.